The molecule has 0 aliphatic rings. The Bertz CT molecular complexity index is 484. The van der Waals surface area contributed by atoms with Crippen molar-refractivity contribution in [1.29, 1.82) is 0 Å². The zero-order chi connectivity index (χ0) is 10.8. The van der Waals surface area contributed by atoms with Crippen molar-refractivity contribution in [3.8, 4) is 5.75 Å². The molecule has 5 heteroatoms. The van der Waals surface area contributed by atoms with Crippen molar-refractivity contribution in [3.63, 3.8) is 0 Å². The quantitative estimate of drug-likeness (QED) is 0.854. The van der Waals surface area contributed by atoms with Gasteiger partial charge in [-0.2, -0.15) is 5.10 Å². The van der Waals surface area contributed by atoms with Crippen LogP contribution in [0.5, 0.6) is 5.75 Å². The minimum atomic E-state index is -0.453. The van der Waals surface area contributed by atoms with Gasteiger partial charge in [0.1, 0.15) is 5.82 Å². The molecule has 1 heterocycles. The Morgan fingerprint density at radius 3 is 2.87 bits per heavy atom. The lowest BCUT2D eigenvalue weighted by Gasteiger charge is -2.02. The van der Waals surface area contributed by atoms with Crippen LogP contribution >= 0.6 is 11.6 Å². The fourth-order valence-electron chi connectivity index (χ4n) is 1.26. The molecule has 1 N–H and O–H groups in total. The number of nitrogens with zero attached hydrogens (tertiary/aromatic N) is 2. The molecule has 2 aromatic rings. The topological polar surface area (TPSA) is 38.1 Å². The molecular formula is C10H8ClFN2O. The van der Waals surface area contributed by atoms with E-state index >= 15 is 0 Å². The van der Waals surface area contributed by atoms with E-state index in [0.717, 1.165) is 5.56 Å². The highest BCUT2D eigenvalue weighted by molar-refractivity contribution is 6.30. The zero-order valence-electron chi connectivity index (χ0n) is 7.69. The highest BCUT2D eigenvalue weighted by atomic mass is 35.5. The number of rotatable bonds is 2. The standard InChI is InChI=1S/C10H8ClFN2O/c11-9-2-1-7(3-10(9)12)5-14-6-8(15)4-13-14/h1-4,6,15H,5H2. The Hall–Kier alpha value is -1.55. The van der Waals surface area contributed by atoms with Crippen LogP contribution in [0.15, 0.2) is 30.6 Å². The van der Waals surface area contributed by atoms with E-state index in [-0.39, 0.29) is 10.8 Å². The molecular weight excluding hydrogens is 219 g/mol. The van der Waals surface area contributed by atoms with E-state index in [1.54, 1.807) is 6.07 Å². The summed E-state index contributed by atoms with van der Waals surface area (Å²) in [6, 6.07) is 4.56. The summed E-state index contributed by atoms with van der Waals surface area (Å²) in [5.74, 6) is -0.366. The summed E-state index contributed by atoms with van der Waals surface area (Å²) >= 11 is 5.55. The van der Waals surface area contributed by atoms with Crippen LogP contribution in [0, 0.1) is 5.82 Å². The van der Waals surface area contributed by atoms with Crippen LogP contribution in [0.3, 0.4) is 0 Å². The number of hydrogen-bond acceptors (Lipinski definition) is 2. The van der Waals surface area contributed by atoms with Gasteiger partial charge < -0.3 is 5.11 Å². The van der Waals surface area contributed by atoms with Crippen LogP contribution in [0.4, 0.5) is 4.39 Å². The lowest BCUT2D eigenvalue weighted by atomic mass is 10.2. The van der Waals surface area contributed by atoms with Gasteiger partial charge in [0.25, 0.3) is 0 Å². The number of aromatic hydroxyl groups is 1. The SMILES string of the molecule is Oc1cnn(Cc2ccc(Cl)c(F)c2)c1. The molecule has 0 atom stereocenters. The summed E-state index contributed by atoms with van der Waals surface area (Å²) in [5, 5.41) is 13.0. The van der Waals surface area contributed by atoms with Gasteiger partial charge in [-0.1, -0.05) is 17.7 Å². The third-order valence-electron chi connectivity index (χ3n) is 1.95. The van der Waals surface area contributed by atoms with Gasteiger partial charge in [0.2, 0.25) is 0 Å². The van der Waals surface area contributed by atoms with E-state index in [0.29, 0.717) is 6.54 Å². The largest absolute Gasteiger partial charge is 0.505 e. The van der Waals surface area contributed by atoms with Gasteiger partial charge in [0.05, 0.1) is 24.0 Å². The molecule has 0 bridgehead atoms. The smallest absolute Gasteiger partial charge is 0.153 e. The second kappa shape index (κ2) is 3.90. The van der Waals surface area contributed by atoms with Gasteiger partial charge in [0.15, 0.2) is 5.75 Å². The zero-order valence-corrected chi connectivity index (χ0v) is 8.45. The Labute approximate surface area is 90.7 Å². The van der Waals surface area contributed by atoms with Gasteiger partial charge in [-0.15, -0.1) is 0 Å². The predicted octanol–water partition coefficient (Wildman–Crippen LogP) is 2.43. The van der Waals surface area contributed by atoms with Crippen molar-refractivity contribution >= 4 is 11.6 Å². The summed E-state index contributed by atoms with van der Waals surface area (Å²) in [6.07, 6.45) is 2.79. The molecule has 0 fully saturated rings. The molecule has 0 aliphatic carbocycles. The number of aromatic nitrogens is 2. The van der Waals surface area contributed by atoms with E-state index < -0.39 is 5.82 Å². The molecule has 1 aromatic heterocycles. The highest BCUT2D eigenvalue weighted by Gasteiger charge is 2.02. The first-order chi connectivity index (χ1) is 7.15. The Balaban J connectivity index is 2.21. The number of halogens is 2. The predicted molar refractivity (Wildman–Crippen MR) is 54.4 cm³/mol. The maximum absolute atomic E-state index is 13.1. The van der Waals surface area contributed by atoms with E-state index in [4.69, 9.17) is 16.7 Å². The molecule has 0 radical (unpaired) electrons. The first kappa shape index (κ1) is 9.98. The first-order valence-corrected chi connectivity index (χ1v) is 4.68. The van der Waals surface area contributed by atoms with Crippen LogP contribution in [0.25, 0.3) is 0 Å². The molecule has 1 aromatic carbocycles. The molecule has 0 unspecified atom stereocenters. The second-order valence-electron chi connectivity index (χ2n) is 3.14. The maximum Gasteiger partial charge on any atom is 0.153 e. The minimum Gasteiger partial charge on any atom is -0.505 e. The van der Waals surface area contributed by atoms with Crippen molar-refractivity contribution in [2.75, 3.05) is 0 Å². The first-order valence-electron chi connectivity index (χ1n) is 4.30. The highest BCUT2D eigenvalue weighted by Crippen LogP contribution is 2.16. The minimum absolute atomic E-state index is 0.0874. The van der Waals surface area contributed by atoms with Crippen molar-refractivity contribution in [2.45, 2.75) is 6.54 Å². The summed E-state index contributed by atoms with van der Waals surface area (Å²) < 4.78 is 14.6. The van der Waals surface area contributed by atoms with E-state index in [9.17, 15) is 4.39 Å². The molecule has 0 saturated heterocycles. The lowest BCUT2D eigenvalue weighted by molar-refractivity contribution is 0.474. The lowest BCUT2D eigenvalue weighted by Crippen LogP contribution is -2.00. The van der Waals surface area contributed by atoms with Crippen LogP contribution < -0.4 is 0 Å². The van der Waals surface area contributed by atoms with E-state index in [1.807, 2.05) is 0 Å². The Morgan fingerprint density at radius 1 is 1.47 bits per heavy atom. The summed E-state index contributed by atoms with van der Waals surface area (Å²) in [6.45, 7) is 0.397. The van der Waals surface area contributed by atoms with Crippen LogP contribution in [-0.2, 0) is 6.54 Å². The third kappa shape index (κ3) is 2.27. The van der Waals surface area contributed by atoms with Crippen molar-refractivity contribution in [3.05, 3.63) is 47.0 Å². The van der Waals surface area contributed by atoms with Crippen LogP contribution in [-0.4, -0.2) is 14.9 Å². The summed E-state index contributed by atoms with van der Waals surface area (Å²) in [5.41, 5.74) is 0.736. The fraction of sp³-hybridized carbons (Fsp3) is 0.100. The Kier molecular flexibility index (Phi) is 2.60. The summed E-state index contributed by atoms with van der Waals surface area (Å²) in [4.78, 5) is 0. The van der Waals surface area contributed by atoms with Crippen LogP contribution in [0.2, 0.25) is 5.02 Å². The fourth-order valence-corrected chi connectivity index (χ4v) is 1.38. The van der Waals surface area contributed by atoms with Gasteiger partial charge >= 0.3 is 0 Å². The monoisotopic (exact) mass is 226 g/mol. The average Bonchev–Trinajstić information content (AvgIpc) is 2.58. The molecule has 2 rings (SSSR count). The molecule has 0 amide bonds. The summed E-state index contributed by atoms with van der Waals surface area (Å²) in [7, 11) is 0. The number of hydrogen-bond donors (Lipinski definition) is 1. The molecule has 0 spiro atoms. The van der Waals surface area contributed by atoms with E-state index in [1.165, 1.54) is 29.2 Å². The Morgan fingerprint density at radius 2 is 2.27 bits per heavy atom. The van der Waals surface area contributed by atoms with E-state index in [2.05, 4.69) is 5.10 Å². The van der Waals surface area contributed by atoms with Gasteiger partial charge in [-0.05, 0) is 17.7 Å². The molecule has 15 heavy (non-hydrogen) atoms. The normalized spacial score (nSPS) is 10.5. The van der Waals surface area contributed by atoms with Crippen molar-refractivity contribution in [1.82, 2.24) is 9.78 Å². The molecule has 3 nitrogen and oxygen atoms in total. The van der Waals surface area contributed by atoms with Crippen LogP contribution in [0.1, 0.15) is 5.56 Å². The number of benzene rings is 1. The van der Waals surface area contributed by atoms with Crippen molar-refractivity contribution in [2.24, 2.45) is 0 Å². The maximum atomic E-state index is 13.1. The molecule has 0 saturated carbocycles. The van der Waals surface area contributed by atoms with Gasteiger partial charge in [-0.25, -0.2) is 4.39 Å². The third-order valence-corrected chi connectivity index (χ3v) is 2.25. The van der Waals surface area contributed by atoms with Crippen molar-refractivity contribution < 1.29 is 9.50 Å². The van der Waals surface area contributed by atoms with Gasteiger partial charge in [0, 0.05) is 0 Å². The molecule has 78 valence electrons. The van der Waals surface area contributed by atoms with Gasteiger partial charge in [-0.3, -0.25) is 4.68 Å². The second-order valence-corrected chi connectivity index (χ2v) is 3.55. The molecule has 0 aliphatic heterocycles. The average molecular weight is 227 g/mol.